The van der Waals surface area contributed by atoms with Crippen molar-refractivity contribution in [3.8, 4) is 5.88 Å². The normalized spacial score (nSPS) is 25.0. The average molecular weight is 311 g/mol. The van der Waals surface area contributed by atoms with Crippen molar-refractivity contribution in [2.45, 2.75) is 49.9 Å². The van der Waals surface area contributed by atoms with E-state index in [9.17, 15) is 8.42 Å². The summed E-state index contributed by atoms with van der Waals surface area (Å²) in [6.07, 6.45) is 10.1. The Kier molecular flexibility index (Phi) is 4.40. The third-order valence-electron chi connectivity index (χ3n) is 4.27. The minimum absolute atomic E-state index is 0.125. The zero-order valence-electron chi connectivity index (χ0n) is 12.0. The molecule has 2 fully saturated rings. The molecule has 1 aliphatic heterocycles. The highest BCUT2D eigenvalue weighted by molar-refractivity contribution is 7.89. The van der Waals surface area contributed by atoms with Crippen molar-refractivity contribution in [1.82, 2.24) is 14.3 Å². The fourth-order valence-electron chi connectivity index (χ4n) is 3.12. The van der Waals surface area contributed by atoms with E-state index in [0.29, 0.717) is 25.4 Å². The van der Waals surface area contributed by atoms with Crippen LogP contribution in [0.3, 0.4) is 0 Å². The number of rotatable bonds is 4. The van der Waals surface area contributed by atoms with Gasteiger partial charge in [0.05, 0.1) is 18.0 Å². The average Bonchev–Trinajstić information content (AvgIpc) is 2.98. The van der Waals surface area contributed by atoms with Crippen LogP contribution < -0.4 is 4.74 Å². The Morgan fingerprint density at radius 2 is 1.95 bits per heavy atom. The molecule has 2 heterocycles. The van der Waals surface area contributed by atoms with Crippen molar-refractivity contribution >= 4 is 10.0 Å². The Balaban J connectivity index is 1.61. The van der Waals surface area contributed by atoms with E-state index in [-0.39, 0.29) is 11.4 Å². The van der Waals surface area contributed by atoms with Crippen LogP contribution >= 0.6 is 0 Å². The Hall–Kier alpha value is -1.21. The van der Waals surface area contributed by atoms with E-state index in [1.807, 2.05) is 0 Å². The number of sulfonamides is 1. The number of nitrogens with zero attached hydrogens (tertiary/aromatic N) is 3. The van der Waals surface area contributed by atoms with E-state index in [2.05, 4.69) is 9.97 Å². The summed E-state index contributed by atoms with van der Waals surface area (Å²) in [5.74, 6) is 0.458. The quantitative estimate of drug-likeness (QED) is 0.844. The number of aromatic nitrogens is 2. The summed E-state index contributed by atoms with van der Waals surface area (Å²) in [6.45, 7) is 0.971. The van der Waals surface area contributed by atoms with Crippen LogP contribution in [0.25, 0.3) is 0 Å². The van der Waals surface area contributed by atoms with Gasteiger partial charge < -0.3 is 4.74 Å². The van der Waals surface area contributed by atoms with Crippen molar-refractivity contribution in [3.63, 3.8) is 0 Å². The lowest BCUT2D eigenvalue weighted by molar-refractivity contribution is 0.205. The first-order chi connectivity index (χ1) is 10.2. The van der Waals surface area contributed by atoms with Crippen LogP contribution in [0.15, 0.2) is 18.6 Å². The van der Waals surface area contributed by atoms with Gasteiger partial charge in [-0.05, 0) is 19.3 Å². The maximum Gasteiger partial charge on any atom is 0.232 e. The largest absolute Gasteiger partial charge is 0.472 e. The van der Waals surface area contributed by atoms with Crippen molar-refractivity contribution in [2.24, 2.45) is 0 Å². The van der Waals surface area contributed by atoms with Crippen molar-refractivity contribution < 1.29 is 13.2 Å². The third kappa shape index (κ3) is 3.35. The highest BCUT2D eigenvalue weighted by Gasteiger charge is 2.38. The molecule has 1 atom stereocenters. The van der Waals surface area contributed by atoms with Crippen LogP contribution in [-0.4, -0.2) is 47.1 Å². The zero-order valence-corrected chi connectivity index (χ0v) is 12.8. The maximum atomic E-state index is 12.6. The van der Waals surface area contributed by atoms with E-state index >= 15 is 0 Å². The Labute approximate surface area is 125 Å². The molecule has 3 rings (SSSR count). The number of hydrogen-bond acceptors (Lipinski definition) is 5. The van der Waals surface area contributed by atoms with Crippen molar-refractivity contribution in [3.05, 3.63) is 18.6 Å². The summed E-state index contributed by atoms with van der Waals surface area (Å²) in [5, 5.41) is -0.193. The molecule has 6 nitrogen and oxygen atoms in total. The molecule has 0 unspecified atom stereocenters. The zero-order chi connectivity index (χ0) is 14.7. The van der Waals surface area contributed by atoms with Crippen LogP contribution in [0.4, 0.5) is 0 Å². The predicted octanol–water partition coefficient (Wildman–Crippen LogP) is 1.59. The van der Waals surface area contributed by atoms with E-state index in [0.717, 1.165) is 32.1 Å². The molecular formula is C14H21N3O3S. The number of hydrogen-bond donors (Lipinski definition) is 0. The summed E-state index contributed by atoms with van der Waals surface area (Å²) in [4.78, 5) is 8.02. The summed E-state index contributed by atoms with van der Waals surface area (Å²) < 4.78 is 32.6. The van der Waals surface area contributed by atoms with Gasteiger partial charge in [0.15, 0.2) is 0 Å². The number of ether oxygens (including phenoxy) is 1. The predicted molar refractivity (Wildman–Crippen MR) is 78.4 cm³/mol. The van der Waals surface area contributed by atoms with Gasteiger partial charge in [0.2, 0.25) is 15.9 Å². The first-order valence-corrected chi connectivity index (χ1v) is 9.08. The van der Waals surface area contributed by atoms with Crippen LogP contribution in [0, 0.1) is 0 Å². The maximum absolute atomic E-state index is 12.6. The molecule has 21 heavy (non-hydrogen) atoms. The van der Waals surface area contributed by atoms with E-state index in [4.69, 9.17) is 4.74 Å². The molecule has 0 bridgehead atoms. The van der Waals surface area contributed by atoms with Gasteiger partial charge in [-0.25, -0.2) is 13.4 Å². The summed E-state index contributed by atoms with van der Waals surface area (Å²) >= 11 is 0. The molecule has 2 aliphatic rings. The fraction of sp³-hybridized carbons (Fsp3) is 0.714. The molecule has 1 aliphatic carbocycles. The molecule has 1 saturated heterocycles. The van der Waals surface area contributed by atoms with E-state index < -0.39 is 10.0 Å². The van der Waals surface area contributed by atoms with Gasteiger partial charge in [-0.3, -0.25) is 4.98 Å². The lowest BCUT2D eigenvalue weighted by Gasteiger charge is -2.26. The van der Waals surface area contributed by atoms with Gasteiger partial charge >= 0.3 is 0 Å². The van der Waals surface area contributed by atoms with Gasteiger partial charge in [-0.15, -0.1) is 0 Å². The highest BCUT2D eigenvalue weighted by Crippen LogP contribution is 2.28. The highest BCUT2D eigenvalue weighted by atomic mass is 32.2. The van der Waals surface area contributed by atoms with E-state index in [1.54, 1.807) is 22.9 Å². The monoisotopic (exact) mass is 311 g/mol. The first kappa shape index (κ1) is 14.7. The topological polar surface area (TPSA) is 72.4 Å². The SMILES string of the molecule is O=S(=O)(C1CCCCC1)N1CC[C@@H](Oc2cnccn2)C1. The minimum Gasteiger partial charge on any atom is -0.472 e. The van der Waals surface area contributed by atoms with Crippen molar-refractivity contribution in [1.29, 1.82) is 0 Å². The van der Waals surface area contributed by atoms with Crippen LogP contribution in [0.5, 0.6) is 5.88 Å². The molecule has 0 spiro atoms. The second kappa shape index (κ2) is 6.27. The second-order valence-electron chi connectivity index (χ2n) is 5.74. The van der Waals surface area contributed by atoms with Crippen LogP contribution in [0.1, 0.15) is 38.5 Å². The van der Waals surface area contributed by atoms with Gasteiger partial charge in [0, 0.05) is 18.9 Å². The molecule has 1 aromatic rings. The summed E-state index contributed by atoms with van der Waals surface area (Å²) in [7, 11) is -3.17. The molecule has 1 saturated carbocycles. The minimum atomic E-state index is -3.17. The molecule has 0 amide bonds. The third-order valence-corrected chi connectivity index (χ3v) is 6.63. The Morgan fingerprint density at radius 1 is 1.14 bits per heavy atom. The first-order valence-electron chi connectivity index (χ1n) is 7.58. The molecule has 0 aromatic carbocycles. The van der Waals surface area contributed by atoms with Crippen LogP contribution in [0.2, 0.25) is 0 Å². The standard InChI is InChI=1S/C14H21N3O3S/c18-21(19,13-4-2-1-3-5-13)17-9-6-12(11-17)20-14-10-15-7-8-16-14/h7-8,10,12-13H,1-6,9,11H2/t12-/m1/s1. The summed E-state index contributed by atoms with van der Waals surface area (Å²) in [6, 6.07) is 0. The van der Waals surface area contributed by atoms with Gasteiger partial charge in [0.25, 0.3) is 0 Å². The van der Waals surface area contributed by atoms with Gasteiger partial charge in [-0.1, -0.05) is 19.3 Å². The Bertz CT molecular complexity index is 558. The Morgan fingerprint density at radius 3 is 2.67 bits per heavy atom. The lowest BCUT2D eigenvalue weighted by Crippen LogP contribution is -2.39. The summed E-state index contributed by atoms with van der Waals surface area (Å²) in [5.41, 5.74) is 0. The smallest absolute Gasteiger partial charge is 0.232 e. The van der Waals surface area contributed by atoms with E-state index in [1.165, 1.54) is 0 Å². The lowest BCUT2D eigenvalue weighted by atomic mass is 10.0. The molecule has 0 radical (unpaired) electrons. The molecular weight excluding hydrogens is 290 g/mol. The van der Waals surface area contributed by atoms with Gasteiger partial charge in [0.1, 0.15) is 6.10 Å². The molecule has 116 valence electrons. The molecule has 7 heteroatoms. The second-order valence-corrected chi connectivity index (χ2v) is 7.95. The van der Waals surface area contributed by atoms with Crippen molar-refractivity contribution in [2.75, 3.05) is 13.1 Å². The van der Waals surface area contributed by atoms with Gasteiger partial charge in [-0.2, -0.15) is 4.31 Å². The molecule has 0 N–H and O–H groups in total. The fourth-order valence-corrected chi connectivity index (χ4v) is 5.20. The van der Waals surface area contributed by atoms with Crippen LogP contribution in [-0.2, 0) is 10.0 Å². The molecule has 1 aromatic heterocycles.